The molecule has 1 aromatic heterocycles. The molecule has 0 amide bonds. The molecule has 0 aliphatic rings. The second kappa shape index (κ2) is 7.40. The average Bonchev–Trinajstić information content (AvgIpc) is 2.65. The van der Waals surface area contributed by atoms with Gasteiger partial charge in [0.2, 0.25) is 5.95 Å². The number of hydrogen-bond acceptors (Lipinski definition) is 4. The maximum Gasteiger partial charge on any atom is 0.204 e. The molecule has 0 spiro atoms. The third-order valence-electron chi connectivity index (χ3n) is 2.42. The van der Waals surface area contributed by atoms with E-state index in [4.69, 9.17) is 0 Å². The zero-order valence-electron chi connectivity index (χ0n) is 10.9. The average molecular weight is 254 g/mol. The van der Waals surface area contributed by atoms with Crippen LogP contribution in [0.3, 0.4) is 0 Å². The van der Waals surface area contributed by atoms with Gasteiger partial charge in [0.25, 0.3) is 0 Å². The molecule has 5 heteroatoms. The lowest BCUT2D eigenvalue weighted by Gasteiger charge is -2.12. The summed E-state index contributed by atoms with van der Waals surface area (Å²) in [7, 11) is 6.06. The number of nitrogens with one attached hydrogen (secondary N) is 1. The maximum absolute atomic E-state index is 4.37. The minimum Gasteiger partial charge on any atom is -0.348 e. The molecular formula is C12H22N4S. The van der Waals surface area contributed by atoms with Crippen molar-refractivity contribution in [1.82, 2.24) is 14.9 Å². The van der Waals surface area contributed by atoms with Crippen LogP contribution in [0.2, 0.25) is 0 Å². The Labute approximate surface area is 108 Å². The molecule has 0 saturated heterocycles. The first kappa shape index (κ1) is 14.1. The van der Waals surface area contributed by atoms with E-state index in [1.165, 1.54) is 5.69 Å². The van der Waals surface area contributed by atoms with Crippen LogP contribution in [-0.2, 0) is 13.6 Å². The molecule has 0 radical (unpaired) electrons. The van der Waals surface area contributed by atoms with Crippen molar-refractivity contribution < 1.29 is 0 Å². The number of imidazole rings is 1. The van der Waals surface area contributed by atoms with Gasteiger partial charge in [0.1, 0.15) is 0 Å². The Morgan fingerprint density at radius 2 is 2.35 bits per heavy atom. The highest BCUT2D eigenvalue weighted by atomic mass is 32.2. The van der Waals surface area contributed by atoms with Gasteiger partial charge < -0.3 is 14.8 Å². The Morgan fingerprint density at radius 1 is 1.59 bits per heavy atom. The second-order valence-electron chi connectivity index (χ2n) is 4.04. The van der Waals surface area contributed by atoms with Crippen molar-refractivity contribution in [3.05, 3.63) is 24.5 Å². The molecule has 17 heavy (non-hydrogen) atoms. The highest BCUT2D eigenvalue weighted by Gasteiger charge is 2.06. The number of rotatable bonds is 8. The fourth-order valence-electron chi connectivity index (χ4n) is 1.54. The lowest BCUT2D eigenvalue weighted by atomic mass is 10.4. The van der Waals surface area contributed by atoms with Crippen molar-refractivity contribution in [2.24, 2.45) is 7.05 Å². The molecule has 1 aromatic rings. The fourth-order valence-corrected chi connectivity index (χ4v) is 2.16. The molecule has 0 fully saturated rings. The quantitative estimate of drug-likeness (QED) is 0.563. The molecule has 0 atom stereocenters. The van der Waals surface area contributed by atoms with Gasteiger partial charge in [-0.25, -0.2) is 4.98 Å². The molecule has 0 aromatic carbocycles. The Balaban J connectivity index is 2.30. The van der Waals surface area contributed by atoms with Gasteiger partial charge in [-0.1, -0.05) is 6.08 Å². The summed E-state index contributed by atoms with van der Waals surface area (Å²) >= 11 is 1.89. The van der Waals surface area contributed by atoms with Gasteiger partial charge in [0.15, 0.2) is 0 Å². The summed E-state index contributed by atoms with van der Waals surface area (Å²) in [5.41, 5.74) is 1.21. The molecule has 0 unspecified atom stereocenters. The standard InChI is InChI=1S/C12H22N4S/c1-5-7-17-8-6-13-9-11-10-14-12(15(2)3)16(11)4/h5,10,13H,1,6-9H2,2-4H3. The van der Waals surface area contributed by atoms with Crippen LogP contribution in [0.25, 0.3) is 0 Å². The van der Waals surface area contributed by atoms with Gasteiger partial charge in [-0.3, -0.25) is 0 Å². The Kier molecular flexibility index (Phi) is 6.15. The van der Waals surface area contributed by atoms with Crippen LogP contribution < -0.4 is 10.2 Å². The van der Waals surface area contributed by atoms with Gasteiger partial charge in [-0.15, -0.1) is 6.58 Å². The van der Waals surface area contributed by atoms with Crippen LogP contribution in [0.4, 0.5) is 5.95 Å². The molecule has 1 N–H and O–H groups in total. The second-order valence-corrected chi connectivity index (χ2v) is 5.19. The van der Waals surface area contributed by atoms with E-state index < -0.39 is 0 Å². The zero-order chi connectivity index (χ0) is 12.7. The summed E-state index contributed by atoms with van der Waals surface area (Å²) < 4.78 is 2.11. The highest BCUT2D eigenvalue weighted by Crippen LogP contribution is 2.10. The van der Waals surface area contributed by atoms with E-state index >= 15 is 0 Å². The largest absolute Gasteiger partial charge is 0.348 e. The topological polar surface area (TPSA) is 33.1 Å². The van der Waals surface area contributed by atoms with Crippen LogP contribution in [0.1, 0.15) is 5.69 Å². The van der Waals surface area contributed by atoms with Crippen molar-refractivity contribution >= 4 is 17.7 Å². The molecule has 0 aliphatic carbocycles. The lowest BCUT2D eigenvalue weighted by Crippen LogP contribution is -2.20. The van der Waals surface area contributed by atoms with E-state index in [1.54, 1.807) is 0 Å². The van der Waals surface area contributed by atoms with E-state index in [0.717, 1.165) is 30.5 Å². The molecule has 4 nitrogen and oxygen atoms in total. The summed E-state index contributed by atoms with van der Waals surface area (Å²) in [6.45, 7) is 5.58. The van der Waals surface area contributed by atoms with Gasteiger partial charge in [0, 0.05) is 45.7 Å². The predicted molar refractivity (Wildman–Crippen MR) is 76.8 cm³/mol. The number of anilines is 1. The molecule has 0 saturated carbocycles. The Hall–Kier alpha value is -0.940. The van der Waals surface area contributed by atoms with E-state index in [1.807, 2.05) is 50.1 Å². The van der Waals surface area contributed by atoms with E-state index in [2.05, 4.69) is 21.4 Å². The maximum atomic E-state index is 4.37. The Morgan fingerprint density at radius 3 is 2.94 bits per heavy atom. The van der Waals surface area contributed by atoms with Crippen molar-refractivity contribution in [3.8, 4) is 0 Å². The summed E-state index contributed by atoms with van der Waals surface area (Å²) in [4.78, 5) is 6.39. The number of aromatic nitrogens is 2. The molecule has 1 rings (SSSR count). The third-order valence-corrected chi connectivity index (χ3v) is 3.39. The van der Waals surface area contributed by atoms with Gasteiger partial charge >= 0.3 is 0 Å². The van der Waals surface area contributed by atoms with Gasteiger partial charge in [-0.05, 0) is 0 Å². The van der Waals surface area contributed by atoms with E-state index in [0.29, 0.717) is 0 Å². The minimum atomic E-state index is 0.867. The van der Waals surface area contributed by atoms with Crippen molar-refractivity contribution in [2.45, 2.75) is 6.54 Å². The fraction of sp³-hybridized carbons (Fsp3) is 0.583. The summed E-state index contributed by atoms with van der Waals surface area (Å²) in [6, 6.07) is 0. The third kappa shape index (κ3) is 4.44. The summed E-state index contributed by atoms with van der Waals surface area (Å²) in [6.07, 6.45) is 3.87. The predicted octanol–water partition coefficient (Wildman–Crippen LogP) is 1.49. The SMILES string of the molecule is C=CCSCCNCc1cnc(N(C)C)n1C. The van der Waals surface area contributed by atoms with Crippen LogP contribution in [0.15, 0.2) is 18.9 Å². The molecular weight excluding hydrogens is 232 g/mol. The zero-order valence-corrected chi connectivity index (χ0v) is 11.8. The minimum absolute atomic E-state index is 0.867. The van der Waals surface area contributed by atoms with Crippen LogP contribution in [0, 0.1) is 0 Å². The summed E-state index contributed by atoms with van der Waals surface area (Å²) in [5.74, 6) is 3.13. The monoisotopic (exact) mass is 254 g/mol. The first-order valence-electron chi connectivity index (χ1n) is 5.74. The number of thioether (sulfide) groups is 1. The first-order valence-corrected chi connectivity index (χ1v) is 6.89. The van der Waals surface area contributed by atoms with Crippen LogP contribution in [0.5, 0.6) is 0 Å². The molecule has 0 bridgehead atoms. The highest BCUT2D eigenvalue weighted by molar-refractivity contribution is 7.99. The number of hydrogen-bond donors (Lipinski definition) is 1. The van der Waals surface area contributed by atoms with Gasteiger partial charge in [-0.2, -0.15) is 11.8 Å². The van der Waals surface area contributed by atoms with Crippen LogP contribution >= 0.6 is 11.8 Å². The smallest absolute Gasteiger partial charge is 0.204 e. The summed E-state index contributed by atoms with van der Waals surface area (Å²) in [5, 5.41) is 3.42. The van der Waals surface area contributed by atoms with Crippen molar-refractivity contribution in [2.75, 3.05) is 37.0 Å². The van der Waals surface area contributed by atoms with Gasteiger partial charge in [0.05, 0.1) is 11.9 Å². The van der Waals surface area contributed by atoms with Crippen LogP contribution in [-0.4, -0.2) is 41.7 Å². The first-order chi connectivity index (χ1) is 8.16. The normalized spacial score (nSPS) is 10.5. The van der Waals surface area contributed by atoms with E-state index in [9.17, 15) is 0 Å². The van der Waals surface area contributed by atoms with Crippen molar-refractivity contribution in [3.63, 3.8) is 0 Å². The van der Waals surface area contributed by atoms with E-state index in [-0.39, 0.29) is 0 Å². The Bertz CT molecular complexity index is 346. The number of nitrogens with zero attached hydrogens (tertiary/aromatic N) is 3. The molecule has 0 aliphatic heterocycles. The molecule has 96 valence electrons. The molecule has 1 heterocycles. The lowest BCUT2D eigenvalue weighted by molar-refractivity contribution is 0.682. The van der Waals surface area contributed by atoms with Crippen molar-refractivity contribution in [1.29, 1.82) is 0 Å².